The number of aryl methyl sites for hydroxylation is 1. The zero-order chi connectivity index (χ0) is 10.3. The first-order valence-electron chi connectivity index (χ1n) is 5.22. The number of nitrogens with one attached hydrogen (secondary N) is 1. The largest absolute Gasteiger partial charge is 0.496 e. The van der Waals surface area contributed by atoms with E-state index in [0.717, 1.165) is 18.6 Å². The van der Waals surface area contributed by atoms with E-state index in [0.29, 0.717) is 0 Å². The van der Waals surface area contributed by atoms with E-state index in [9.17, 15) is 0 Å². The molecular weight excluding hydrogens is 186 g/mol. The summed E-state index contributed by atoms with van der Waals surface area (Å²) < 4.78 is 5.39. The molecule has 2 nitrogen and oxygen atoms in total. The van der Waals surface area contributed by atoms with Gasteiger partial charge in [-0.3, -0.25) is 0 Å². The molecule has 1 aliphatic carbocycles. The monoisotopic (exact) mass is 199 g/mol. The number of rotatable bonds is 1. The number of methoxy groups -OCH3 is 1. The molecule has 0 aliphatic heterocycles. The normalized spacial score (nSPS) is 13.1. The van der Waals surface area contributed by atoms with Gasteiger partial charge in [-0.25, -0.2) is 0 Å². The molecule has 0 atom stereocenters. The molecule has 1 aromatic heterocycles. The van der Waals surface area contributed by atoms with Crippen molar-refractivity contribution >= 4 is 0 Å². The van der Waals surface area contributed by atoms with Crippen molar-refractivity contribution in [3.63, 3.8) is 0 Å². The smallest absolute Gasteiger partial charge is 0.122 e. The number of ether oxygens (including phenoxy) is 1. The molecule has 1 heterocycles. The van der Waals surface area contributed by atoms with Gasteiger partial charge in [-0.05, 0) is 30.5 Å². The number of fused-ring (bicyclic) bond motifs is 3. The van der Waals surface area contributed by atoms with Crippen LogP contribution < -0.4 is 4.74 Å². The maximum Gasteiger partial charge on any atom is 0.122 e. The van der Waals surface area contributed by atoms with Crippen molar-refractivity contribution in [3.8, 4) is 17.0 Å². The minimum atomic E-state index is 1.01. The van der Waals surface area contributed by atoms with Gasteiger partial charge in [0.1, 0.15) is 5.75 Å². The van der Waals surface area contributed by atoms with Crippen LogP contribution >= 0.6 is 0 Å². The van der Waals surface area contributed by atoms with Crippen molar-refractivity contribution < 1.29 is 4.74 Å². The first-order valence-corrected chi connectivity index (χ1v) is 5.22. The van der Waals surface area contributed by atoms with E-state index in [1.54, 1.807) is 7.11 Å². The quantitative estimate of drug-likeness (QED) is 0.750. The Morgan fingerprint density at radius 1 is 1.20 bits per heavy atom. The number of aromatic amines is 1. The number of hydrogen-bond donors (Lipinski definition) is 1. The van der Waals surface area contributed by atoms with E-state index in [4.69, 9.17) is 4.74 Å². The van der Waals surface area contributed by atoms with E-state index in [1.165, 1.54) is 22.4 Å². The van der Waals surface area contributed by atoms with Gasteiger partial charge in [0.05, 0.1) is 7.11 Å². The average molecular weight is 199 g/mol. The van der Waals surface area contributed by atoms with Gasteiger partial charge >= 0.3 is 0 Å². The van der Waals surface area contributed by atoms with Crippen LogP contribution in [0.3, 0.4) is 0 Å². The summed E-state index contributed by atoms with van der Waals surface area (Å²) in [6.45, 7) is 0. The molecule has 2 aromatic rings. The van der Waals surface area contributed by atoms with Crippen molar-refractivity contribution in [2.75, 3.05) is 7.11 Å². The molecule has 0 bridgehead atoms. The van der Waals surface area contributed by atoms with Gasteiger partial charge in [-0.2, -0.15) is 0 Å². The maximum atomic E-state index is 5.39. The number of H-pyrrole nitrogens is 1. The molecule has 0 saturated carbocycles. The highest BCUT2D eigenvalue weighted by Gasteiger charge is 2.19. The molecule has 0 unspecified atom stereocenters. The van der Waals surface area contributed by atoms with Crippen LogP contribution in [0.2, 0.25) is 0 Å². The third-order valence-corrected chi connectivity index (χ3v) is 3.10. The fourth-order valence-corrected chi connectivity index (χ4v) is 2.37. The Labute approximate surface area is 88.9 Å². The molecule has 0 fully saturated rings. The highest BCUT2D eigenvalue weighted by molar-refractivity contribution is 5.72. The fraction of sp³-hybridized carbons (Fsp3) is 0.231. The van der Waals surface area contributed by atoms with Crippen LogP contribution in [-0.2, 0) is 12.8 Å². The van der Waals surface area contributed by atoms with Crippen molar-refractivity contribution in [1.29, 1.82) is 0 Å². The maximum absolute atomic E-state index is 5.39. The molecule has 1 N–H and O–H groups in total. The van der Waals surface area contributed by atoms with Crippen LogP contribution in [0.4, 0.5) is 0 Å². The third kappa shape index (κ3) is 1.18. The summed E-state index contributed by atoms with van der Waals surface area (Å²) in [5.41, 5.74) is 5.29. The van der Waals surface area contributed by atoms with Crippen LogP contribution in [-0.4, -0.2) is 12.1 Å². The Kier molecular flexibility index (Phi) is 1.81. The van der Waals surface area contributed by atoms with Crippen LogP contribution in [0, 0.1) is 0 Å². The molecule has 76 valence electrons. The summed E-state index contributed by atoms with van der Waals surface area (Å²) in [4.78, 5) is 3.31. The highest BCUT2D eigenvalue weighted by Crippen LogP contribution is 2.36. The lowest BCUT2D eigenvalue weighted by Gasteiger charge is -2.18. The highest BCUT2D eigenvalue weighted by atomic mass is 16.5. The zero-order valence-electron chi connectivity index (χ0n) is 8.71. The van der Waals surface area contributed by atoms with Gasteiger partial charge in [0.25, 0.3) is 0 Å². The second-order valence-electron chi connectivity index (χ2n) is 3.86. The first-order chi connectivity index (χ1) is 7.40. The standard InChI is InChI=1S/C13H13NO/c1-15-12-4-2-3-11-10(12)6-5-9-7-8-14-13(9)11/h2-4,7-8,14H,5-6H2,1H3. The third-order valence-electron chi connectivity index (χ3n) is 3.10. The van der Waals surface area contributed by atoms with Gasteiger partial charge in [-0.15, -0.1) is 0 Å². The molecule has 2 heteroatoms. The Bertz CT molecular complexity index is 499. The summed E-state index contributed by atoms with van der Waals surface area (Å²) in [5, 5.41) is 0. The lowest BCUT2D eigenvalue weighted by Crippen LogP contribution is -2.04. The van der Waals surface area contributed by atoms with Crippen LogP contribution in [0.25, 0.3) is 11.3 Å². The van der Waals surface area contributed by atoms with Gasteiger partial charge in [0, 0.05) is 23.0 Å². The summed E-state index contributed by atoms with van der Waals surface area (Å²) >= 11 is 0. The predicted molar refractivity (Wildman–Crippen MR) is 60.2 cm³/mol. The molecular formula is C13H13NO. The molecule has 1 aromatic carbocycles. The second-order valence-corrected chi connectivity index (χ2v) is 3.86. The molecule has 1 aliphatic rings. The Balaban J connectivity index is 2.25. The van der Waals surface area contributed by atoms with Gasteiger partial charge in [-0.1, -0.05) is 12.1 Å². The van der Waals surface area contributed by atoms with E-state index >= 15 is 0 Å². The van der Waals surface area contributed by atoms with Crippen molar-refractivity contribution in [1.82, 2.24) is 4.98 Å². The Morgan fingerprint density at radius 2 is 2.13 bits per heavy atom. The summed E-state index contributed by atoms with van der Waals surface area (Å²) in [5.74, 6) is 1.01. The molecule has 0 saturated heterocycles. The summed E-state index contributed by atoms with van der Waals surface area (Å²) in [7, 11) is 1.74. The van der Waals surface area contributed by atoms with Crippen LogP contribution in [0.1, 0.15) is 11.1 Å². The summed E-state index contributed by atoms with van der Waals surface area (Å²) in [6.07, 6.45) is 4.19. The second kappa shape index (κ2) is 3.16. The Morgan fingerprint density at radius 3 is 3.00 bits per heavy atom. The van der Waals surface area contributed by atoms with Gasteiger partial charge in [0.2, 0.25) is 0 Å². The van der Waals surface area contributed by atoms with Gasteiger partial charge < -0.3 is 9.72 Å². The van der Waals surface area contributed by atoms with Crippen LogP contribution in [0.5, 0.6) is 5.75 Å². The Hall–Kier alpha value is -1.70. The number of benzene rings is 1. The van der Waals surface area contributed by atoms with Crippen LogP contribution in [0.15, 0.2) is 30.5 Å². The van der Waals surface area contributed by atoms with E-state index in [1.807, 2.05) is 18.3 Å². The molecule has 0 spiro atoms. The van der Waals surface area contributed by atoms with E-state index in [-0.39, 0.29) is 0 Å². The van der Waals surface area contributed by atoms with Crippen molar-refractivity contribution in [3.05, 3.63) is 41.6 Å². The first kappa shape index (κ1) is 8.60. The molecule has 3 rings (SSSR count). The van der Waals surface area contributed by atoms with E-state index < -0.39 is 0 Å². The van der Waals surface area contributed by atoms with Crippen molar-refractivity contribution in [2.24, 2.45) is 0 Å². The summed E-state index contributed by atoms with van der Waals surface area (Å²) in [6, 6.07) is 8.41. The van der Waals surface area contributed by atoms with Crippen molar-refractivity contribution in [2.45, 2.75) is 12.8 Å². The topological polar surface area (TPSA) is 25.0 Å². The molecule has 0 radical (unpaired) electrons. The fourth-order valence-electron chi connectivity index (χ4n) is 2.37. The zero-order valence-corrected chi connectivity index (χ0v) is 8.71. The molecule has 0 amide bonds. The lowest BCUT2D eigenvalue weighted by molar-refractivity contribution is 0.409. The molecule has 15 heavy (non-hydrogen) atoms. The minimum absolute atomic E-state index is 1.01. The van der Waals surface area contributed by atoms with Gasteiger partial charge in [0.15, 0.2) is 0 Å². The lowest BCUT2D eigenvalue weighted by atomic mass is 9.90. The SMILES string of the molecule is COc1cccc2c1CCc1cc[nH]c1-2. The average Bonchev–Trinajstić information content (AvgIpc) is 2.76. The minimum Gasteiger partial charge on any atom is -0.496 e. The van der Waals surface area contributed by atoms with E-state index in [2.05, 4.69) is 17.1 Å². The number of aromatic nitrogens is 1. The predicted octanol–water partition coefficient (Wildman–Crippen LogP) is 2.79. The number of hydrogen-bond acceptors (Lipinski definition) is 1.